The molecule has 24 heavy (non-hydrogen) atoms. The van der Waals surface area contributed by atoms with E-state index in [1.54, 1.807) is 0 Å². The third-order valence-electron chi connectivity index (χ3n) is 3.67. The fraction of sp³-hybridized carbons (Fsp3) is 0.312. The van der Waals surface area contributed by atoms with Crippen LogP contribution in [0.2, 0.25) is 0 Å². The summed E-state index contributed by atoms with van der Waals surface area (Å²) >= 11 is 0. The minimum Gasteiger partial charge on any atom is -0.473 e. The summed E-state index contributed by atoms with van der Waals surface area (Å²) in [6.07, 6.45) is 1.68. The number of amides is 1. The Balaban J connectivity index is 1.61. The van der Waals surface area contributed by atoms with Gasteiger partial charge in [0.05, 0.1) is 11.5 Å². The van der Waals surface area contributed by atoms with E-state index in [-0.39, 0.29) is 29.1 Å². The van der Waals surface area contributed by atoms with Crippen LogP contribution in [-0.4, -0.2) is 41.8 Å². The maximum Gasteiger partial charge on any atom is 0.270 e. The quantitative estimate of drug-likeness (QED) is 0.865. The molecule has 3 rings (SSSR count). The lowest BCUT2D eigenvalue weighted by atomic mass is 10.2. The summed E-state index contributed by atoms with van der Waals surface area (Å²) < 4.78 is 28.4. The Bertz CT molecular complexity index is 824. The highest BCUT2D eigenvalue weighted by atomic mass is 32.2. The van der Waals surface area contributed by atoms with Crippen LogP contribution in [0.1, 0.15) is 22.5 Å². The number of carbonyl (C=O) groups is 1. The van der Waals surface area contributed by atoms with Crippen LogP contribution < -0.4 is 10.1 Å². The number of sulfone groups is 1. The average molecular weight is 347 g/mol. The number of benzene rings is 1. The van der Waals surface area contributed by atoms with Gasteiger partial charge < -0.3 is 10.1 Å². The van der Waals surface area contributed by atoms with Gasteiger partial charge in [-0.3, -0.25) is 4.79 Å². The van der Waals surface area contributed by atoms with Crippen molar-refractivity contribution in [3.05, 3.63) is 54.0 Å². The lowest BCUT2D eigenvalue weighted by molar-refractivity contribution is 0.0935. The third kappa shape index (κ3) is 4.29. The van der Waals surface area contributed by atoms with Crippen molar-refractivity contribution in [3.8, 4) is 5.88 Å². The van der Waals surface area contributed by atoms with E-state index in [0.29, 0.717) is 13.0 Å². The van der Waals surface area contributed by atoms with Gasteiger partial charge in [-0.05, 0) is 12.0 Å². The van der Waals surface area contributed by atoms with Crippen molar-refractivity contribution in [3.63, 3.8) is 0 Å². The normalized spacial score (nSPS) is 18.9. The Morgan fingerprint density at radius 1 is 1.25 bits per heavy atom. The van der Waals surface area contributed by atoms with Crippen LogP contribution in [-0.2, 0) is 16.4 Å². The highest BCUT2D eigenvalue weighted by Gasteiger charge is 2.29. The van der Waals surface area contributed by atoms with E-state index < -0.39 is 15.7 Å². The first-order chi connectivity index (χ1) is 11.5. The minimum absolute atomic E-state index is 0.0266. The first-order valence-electron chi connectivity index (χ1n) is 7.52. The van der Waals surface area contributed by atoms with Crippen molar-refractivity contribution in [2.24, 2.45) is 0 Å². The highest BCUT2D eigenvalue weighted by Crippen LogP contribution is 2.13. The molecule has 0 radical (unpaired) electrons. The van der Waals surface area contributed by atoms with E-state index in [1.807, 2.05) is 30.3 Å². The van der Waals surface area contributed by atoms with Crippen LogP contribution >= 0.6 is 0 Å². The Hall–Kier alpha value is -2.48. The van der Waals surface area contributed by atoms with Crippen LogP contribution in [0.4, 0.5) is 0 Å². The Morgan fingerprint density at radius 2 is 2.04 bits per heavy atom. The van der Waals surface area contributed by atoms with Crippen molar-refractivity contribution in [2.45, 2.75) is 19.1 Å². The van der Waals surface area contributed by atoms with Crippen LogP contribution in [0.5, 0.6) is 5.88 Å². The Morgan fingerprint density at radius 3 is 2.75 bits per heavy atom. The summed E-state index contributed by atoms with van der Waals surface area (Å²) in [6.45, 7) is 0.333. The maximum absolute atomic E-state index is 12.2. The average Bonchev–Trinajstić information content (AvgIpc) is 2.93. The molecule has 0 aliphatic carbocycles. The van der Waals surface area contributed by atoms with Gasteiger partial charge in [0.25, 0.3) is 5.91 Å². The zero-order chi connectivity index (χ0) is 17.0. The second-order valence-corrected chi connectivity index (χ2v) is 7.82. The number of hydrogen-bond acceptors (Lipinski definition) is 6. The maximum atomic E-state index is 12.2. The number of aromatic nitrogens is 2. The topological polar surface area (TPSA) is 98.2 Å². The molecule has 8 heteroatoms. The lowest BCUT2D eigenvalue weighted by Gasteiger charge is -2.11. The van der Waals surface area contributed by atoms with Crippen molar-refractivity contribution >= 4 is 15.7 Å². The van der Waals surface area contributed by atoms with E-state index in [4.69, 9.17) is 4.74 Å². The molecule has 7 nitrogen and oxygen atoms in total. The first-order valence-corrected chi connectivity index (χ1v) is 9.34. The van der Waals surface area contributed by atoms with Gasteiger partial charge in [-0.25, -0.2) is 18.4 Å². The summed E-state index contributed by atoms with van der Waals surface area (Å²) in [5, 5.41) is 2.69. The smallest absolute Gasteiger partial charge is 0.270 e. The van der Waals surface area contributed by atoms with Crippen LogP contribution in [0, 0.1) is 0 Å². The summed E-state index contributed by atoms with van der Waals surface area (Å²) in [5.74, 6) is -0.0592. The summed E-state index contributed by atoms with van der Waals surface area (Å²) in [5.41, 5.74) is 1.13. The second kappa shape index (κ2) is 6.96. The summed E-state index contributed by atoms with van der Waals surface area (Å²) in [7, 11) is -3.04. The molecule has 1 atom stereocenters. The molecule has 0 saturated carbocycles. The largest absolute Gasteiger partial charge is 0.473 e. The molecule has 0 unspecified atom stereocenters. The molecule has 1 saturated heterocycles. The molecule has 0 spiro atoms. The van der Waals surface area contributed by atoms with Gasteiger partial charge in [0.1, 0.15) is 18.6 Å². The molecule has 0 bridgehead atoms. The minimum atomic E-state index is -3.04. The van der Waals surface area contributed by atoms with Gasteiger partial charge in [0.15, 0.2) is 9.84 Å². The number of nitrogens with one attached hydrogen (secondary N) is 1. The monoisotopic (exact) mass is 347 g/mol. The van der Waals surface area contributed by atoms with Crippen molar-refractivity contribution in [2.75, 3.05) is 11.5 Å². The van der Waals surface area contributed by atoms with E-state index in [1.165, 1.54) is 12.4 Å². The van der Waals surface area contributed by atoms with Crippen LogP contribution in [0.3, 0.4) is 0 Å². The molecule has 1 amide bonds. The SMILES string of the molecule is O=C(N[C@@H]1CCS(=O)(=O)C1)c1cc(OCc2ccccc2)ncn1. The molecule has 1 fully saturated rings. The molecular weight excluding hydrogens is 330 g/mol. The molecule has 1 aromatic heterocycles. The number of hydrogen-bond donors (Lipinski definition) is 1. The van der Waals surface area contributed by atoms with Crippen LogP contribution in [0.25, 0.3) is 0 Å². The van der Waals surface area contributed by atoms with Crippen molar-refractivity contribution in [1.82, 2.24) is 15.3 Å². The molecule has 1 aliphatic heterocycles. The molecule has 1 N–H and O–H groups in total. The molecular formula is C16H17N3O4S. The van der Waals surface area contributed by atoms with Gasteiger partial charge in [0, 0.05) is 12.1 Å². The summed E-state index contributed by atoms with van der Waals surface area (Å²) in [4.78, 5) is 20.1. The first kappa shape index (κ1) is 16.4. The second-order valence-electron chi connectivity index (χ2n) is 5.59. The van der Waals surface area contributed by atoms with E-state index in [9.17, 15) is 13.2 Å². The van der Waals surface area contributed by atoms with Crippen molar-refractivity contribution < 1.29 is 17.9 Å². The Kier molecular flexibility index (Phi) is 4.75. The number of ether oxygens (including phenoxy) is 1. The summed E-state index contributed by atoms with van der Waals surface area (Å²) in [6, 6.07) is 10.7. The Labute approximate surface area is 140 Å². The van der Waals surface area contributed by atoms with Crippen LogP contribution in [0.15, 0.2) is 42.7 Å². The molecule has 2 heterocycles. The van der Waals surface area contributed by atoms with Crippen molar-refractivity contribution in [1.29, 1.82) is 0 Å². The third-order valence-corrected chi connectivity index (χ3v) is 5.44. The molecule has 1 aliphatic rings. The van der Waals surface area contributed by atoms with Gasteiger partial charge in [-0.2, -0.15) is 0 Å². The fourth-order valence-corrected chi connectivity index (χ4v) is 4.12. The zero-order valence-electron chi connectivity index (χ0n) is 12.9. The van der Waals surface area contributed by atoms with Gasteiger partial charge in [-0.1, -0.05) is 30.3 Å². The standard InChI is InChI=1S/C16H17N3O4S/c20-16(19-13-6-7-24(21,22)10-13)14-8-15(18-11-17-14)23-9-12-4-2-1-3-5-12/h1-5,8,11,13H,6-7,9-10H2,(H,19,20)/t13-/m1/s1. The number of rotatable bonds is 5. The molecule has 2 aromatic rings. The number of nitrogens with zero attached hydrogens (tertiary/aromatic N) is 2. The predicted octanol–water partition coefficient (Wildman–Crippen LogP) is 0.972. The predicted molar refractivity (Wildman–Crippen MR) is 87.3 cm³/mol. The van der Waals surface area contributed by atoms with Gasteiger partial charge >= 0.3 is 0 Å². The van der Waals surface area contributed by atoms with E-state index in [0.717, 1.165) is 5.56 Å². The fourth-order valence-electron chi connectivity index (χ4n) is 2.44. The zero-order valence-corrected chi connectivity index (χ0v) is 13.7. The lowest BCUT2D eigenvalue weighted by Crippen LogP contribution is -2.36. The highest BCUT2D eigenvalue weighted by molar-refractivity contribution is 7.91. The molecule has 1 aromatic carbocycles. The van der Waals surface area contributed by atoms with E-state index >= 15 is 0 Å². The van der Waals surface area contributed by atoms with Gasteiger partial charge in [0.2, 0.25) is 5.88 Å². The van der Waals surface area contributed by atoms with Gasteiger partial charge in [-0.15, -0.1) is 0 Å². The molecule has 126 valence electrons. The number of carbonyl (C=O) groups excluding carboxylic acids is 1. The van der Waals surface area contributed by atoms with E-state index in [2.05, 4.69) is 15.3 Å².